The molecule has 0 radical (unpaired) electrons. The normalized spacial score (nSPS) is 21.1. The van der Waals surface area contributed by atoms with Gasteiger partial charge in [-0.1, -0.05) is 30.3 Å². The largest absolute Gasteiger partial charge is 0.497 e. The number of hydrogen-bond donors (Lipinski definition) is 1. The smallest absolute Gasteiger partial charge is 0.416 e. The topological polar surface area (TPSA) is 105 Å². The van der Waals surface area contributed by atoms with E-state index in [4.69, 9.17) is 21.7 Å². The Bertz CT molecular complexity index is 1140. The van der Waals surface area contributed by atoms with Crippen molar-refractivity contribution in [3.8, 4) is 5.75 Å². The van der Waals surface area contributed by atoms with Crippen molar-refractivity contribution in [2.75, 3.05) is 20.3 Å². The van der Waals surface area contributed by atoms with Gasteiger partial charge in [0.25, 0.3) is 15.9 Å². The first-order valence-electron chi connectivity index (χ1n) is 9.36. The minimum atomic E-state index is -4.11. The number of ether oxygens (including phenoxy) is 2. The lowest BCUT2D eigenvalue weighted by Crippen LogP contribution is -2.47. The molecular formula is C20H19N3O6S2. The van der Waals surface area contributed by atoms with Gasteiger partial charge in [0.1, 0.15) is 24.4 Å². The number of cyclic esters (lactones) is 1. The van der Waals surface area contributed by atoms with Crippen molar-refractivity contribution >= 4 is 39.4 Å². The van der Waals surface area contributed by atoms with Crippen LogP contribution in [0.15, 0.2) is 59.5 Å². The van der Waals surface area contributed by atoms with E-state index in [1.54, 1.807) is 42.5 Å². The zero-order valence-corrected chi connectivity index (χ0v) is 18.1. The third kappa shape index (κ3) is 3.70. The summed E-state index contributed by atoms with van der Waals surface area (Å²) in [6.45, 7) is 0.163. The fourth-order valence-corrected chi connectivity index (χ4v) is 5.69. The van der Waals surface area contributed by atoms with E-state index in [1.807, 2.05) is 0 Å². The third-order valence-electron chi connectivity index (χ3n) is 5.08. The maximum Gasteiger partial charge on any atom is 0.416 e. The number of rotatable bonds is 5. The highest BCUT2D eigenvalue weighted by Crippen LogP contribution is 2.37. The number of hydrogen-bond acceptors (Lipinski definition) is 7. The average Bonchev–Trinajstić information content (AvgIpc) is 3.37. The lowest BCUT2D eigenvalue weighted by Gasteiger charge is -2.28. The van der Waals surface area contributed by atoms with Crippen molar-refractivity contribution in [1.82, 2.24) is 14.5 Å². The van der Waals surface area contributed by atoms with Crippen LogP contribution in [0.5, 0.6) is 5.75 Å². The molecule has 2 aromatic carbocycles. The Balaban J connectivity index is 1.82. The number of sulfonamides is 1. The van der Waals surface area contributed by atoms with E-state index in [0.29, 0.717) is 11.3 Å². The molecule has 2 fully saturated rings. The Labute approximate surface area is 184 Å². The van der Waals surface area contributed by atoms with Crippen LogP contribution in [0.25, 0.3) is 0 Å². The Hall–Kier alpha value is -3.18. The highest BCUT2D eigenvalue weighted by atomic mass is 32.2. The maximum absolute atomic E-state index is 13.5. The van der Waals surface area contributed by atoms with E-state index < -0.39 is 34.1 Å². The summed E-state index contributed by atoms with van der Waals surface area (Å²) < 4.78 is 38.1. The van der Waals surface area contributed by atoms with Crippen LogP contribution in [0.1, 0.15) is 11.6 Å². The van der Waals surface area contributed by atoms with Crippen LogP contribution in [0, 0.1) is 0 Å². The van der Waals surface area contributed by atoms with Crippen LogP contribution in [0.2, 0.25) is 0 Å². The lowest BCUT2D eigenvalue weighted by molar-refractivity contribution is -0.130. The molecule has 0 unspecified atom stereocenters. The van der Waals surface area contributed by atoms with Gasteiger partial charge < -0.3 is 14.8 Å². The van der Waals surface area contributed by atoms with Crippen molar-refractivity contribution < 1.29 is 27.5 Å². The van der Waals surface area contributed by atoms with Crippen molar-refractivity contribution in [2.45, 2.75) is 17.0 Å². The summed E-state index contributed by atoms with van der Waals surface area (Å²) in [6.07, 6.45) is -0.772. The van der Waals surface area contributed by atoms with Crippen LogP contribution in [0.3, 0.4) is 0 Å². The van der Waals surface area contributed by atoms with Crippen molar-refractivity contribution in [3.05, 3.63) is 60.2 Å². The second-order valence-electron chi connectivity index (χ2n) is 6.87. The van der Waals surface area contributed by atoms with Gasteiger partial charge in [-0.05, 0) is 42.0 Å². The zero-order chi connectivity index (χ0) is 22.2. The molecule has 2 saturated heterocycles. The van der Waals surface area contributed by atoms with E-state index in [1.165, 1.54) is 19.2 Å². The fourth-order valence-electron chi connectivity index (χ4n) is 3.61. The molecule has 0 saturated carbocycles. The second kappa shape index (κ2) is 8.16. The molecule has 162 valence electrons. The summed E-state index contributed by atoms with van der Waals surface area (Å²) in [7, 11) is -2.62. The van der Waals surface area contributed by atoms with E-state index >= 15 is 0 Å². The molecular weight excluding hydrogens is 442 g/mol. The molecule has 2 heterocycles. The summed E-state index contributed by atoms with van der Waals surface area (Å²) in [5, 5.41) is 2.67. The molecule has 0 aromatic heterocycles. The first-order valence-corrected chi connectivity index (χ1v) is 11.2. The molecule has 11 heteroatoms. The van der Waals surface area contributed by atoms with Gasteiger partial charge in [-0.15, -0.1) is 0 Å². The SMILES string of the molecule is COc1cccc([C@H]2[C@H](C(=O)N3CCOC3=O)NC(=S)N2S(=O)(=O)c2ccccc2)c1. The molecule has 2 aliphatic heterocycles. The molecule has 0 spiro atoms. The van der Waals surface area contributed by atoms with Crippen LogP contribution >= 0.6 is 12.2 Å². The highest BCUT2D eigenvalue weighted by molar-refractivity contribution is 7.91. The Morgan fingerprint density at radius 2 is 1.94 bits per heavy atom. The number of carbonyl (C=O) groups excluding carboxylic acids is 2. The molecule has 2 aliphatic rings. The van der Waals surface area contributed by atoms with Crippen LogP contribution < -0.4 is 10.1 Å². The van der Waals surface area contributed by atoms with E-state index in [0.717, 1.165) is 9.21 Å². The van der Waals surface area contributed by atoms with Crippen LogP contribution in [-0.2, 0) is 19.6 Å². The van der Waals surface area contributed by atoms with Gasteiger partial charge >= 0.3 is 6.09 Å². The minimum Gasteiger partial charge on any atom is -0.497 e. The number of nitrogens with zero attached hydrogens (tertiary/aromatic N) is 2. The fraction of sp³-hybridized carbons (Fsp3) is 0.250. The summed E-state index contributed by atoms with van der Waals surface area (Å²) in [5.74, 6) is -0.136. The van der Waals surface area contributed by atoms with Gasteiger partial charge in [0.2, 0.25) is 0 Å². The number of amides is 2. The molecule has 0 bridgehead atoms. The van der Waals surface area contributed by atoms with Gasteiger partial charge in [-0.3, -0.25) is 4.79 Å². The zero-order valence-electron chi connectivity index (χ0n) is 16.4. The summed E-state index contributed by atoms with van der Waals surface area (Å²) in [5.41, 5.74) is 0.483. The third-order valence-corrected chi connectivity index (χ3v) is 7.30. The first kappa shape index (κ1) is 21.1. The molecule has 4 rings (SSSR count). The van der Waals surface area contributed by atoms with Crippen molar-refractivity contribution in [3.63, 3.8) is 0 Å². The number of benzene rings is 2. The monoisotopic (exact) mass is 461 g/mol. The minimum absolute atomic E-state index is 0.0285. The van der Waals surface area contributed by atoms with Gasteiger partial charge in [0, 0.05) is 0 Å². The van der Waals surface area contributed by atoms with Crippen molar-refractivity contribution in [1.29, 1.82) is 0 Å². The van der Waals surface area contributed by atoms with Gasteiger partial charge in [0.15, 0.2) is 5.11 Å². The number of thiocarbonyl (C=S) groups is 1. The summed E-state index contributed by atoms with van der Waals surface area (Å²) >= 11 is 5.34. The molecule has 1 N–H and O–H groups in total. The van der Waals surface area contributed by atoms with Crippen molar-refractivity contribution in [2.24, 2.45) is 0 Å². The maximum atomic E-state index is 13.5. The number of methoxy groups -OCH3 is 1. The second-order valence-corrected chi connectivity index (χ2v) is 9.07. The van der Waals surface area contributed by atoms with E-state index in [-0.39, 0.29) is 23.2 Å². The van der Waals surface area contributed by atoms with Gasteiger partial charge in [-0.2, -0.15) is 0 Å². The Morgan fingerprint density at radius 1 is 1.19 bits per heavy atom. The first-order chi connectivity index (χ1) is 14.8. The predicted octanol–water partition coefficient (Wildman–Crippen LogP) is 1.66. The lowest BCUT2D eigenvalue weighted by atomic mass is 9.99. The van der Waals surface area contributed by atoms with Gasteiger partial charge in [0.05, 0.1) is 18.6 Å². The van der Waals surface area contributed by atoms with Crippen LogP contribution in [0.4, 0.5) is 4.79 Å². The van der Waals surface area contributed by atoms with E-state index in [9.17, 15) is 18.0 Å². The average molecular weight is 462 g/mol. The quantitative estimate of drug-likeness (QED) is 0.671. The molecule has 2 aromatic rings. The predicted molar refractivity (Wildman–Crippen MR) is 114 cm³/mol. The van der Waals surface area contributed by atoms with Gasteiger partial charge in [-0.25, -0.2) is 22.4 Å². The number of imide groups is 1. The number of carbonyl (C=O) groups is 2. The molecule has 2 amide bonds. The molecule has 0 aliphatic carbocycles. The number of nitrogens with one attached hydrogen (secondary N) is 1. The highest BCUT2D eigenvalue weighted by Gasteiger charge is 2.50. The van der Waals surface area contributed by atoms with Crippen LogP contribution in [-0.4, -0.2) is 61.0 Å². The Morgan fingerprint density at radius 3 is 2.58 bits per heavy atom. The summed E-state index contributed by atoms with van der Waals surface area (Å²) in [6, 6.07) is 12.4. The molecule has 31 heavy (non-hydrogen) atoms. The standard InChI is InChI=1S/C20H19N3O6S2/c1-28-14-7-5-6-13(12-14)17-16(18(24)22-10-11-29-20(22)25)21-19(30)23(17)31(26,27)15-8-3-2-4-9-15/h2-9,12,16-17H,10-11H2,1H3,(H,21,30)/t16-,17+/m1/s1. The van der Waals surface area contributed by atoms with E-state index in [2.05, 4.69) is 5.32 Å². The molecule has 2 atom stereocenters. The summed E-state index contributed by atoms with van der Waals surface area (Å²) in [4.78, 5) is 26.1. The molecule has 9 nitrogen and oxygen atoms in total. The Kier molecular flexibility index (Phi) is 5.54.